The van der Waals surface area contributed by atoms with Crippen LogP contribution in [0.25, 0.3) is 0 Å². The third kappa shape index (κ3) is 5.20. The minimum absolute atomic E-state index is 0. The summed E-state index contributed by atoms with van der Waals surface area (Å²) < 4.78 is -0.0680. The number of hydrogen-bond acceptors (Lipinski definition) is 0. The van der Waals surface area contributed by atoms with Gasteiger partial charge in [-0.15, -0.1) is 0 Å². The first-order valence-electron chi connectivity index (χ1n) is 12.7. The van der Waals surface area contributed by atoms with E-state index in [0.29, 0.717) is 0 Å². The van der Waals surface area contributed by atoms with Crippen molar-refractivity contribution in [2.75, 3.05) is 0 Å². The monoisotopic (exact) mass is 616 g/mol. The van der Waals surface area contributed by atoms with Crippen molar-refractivity contribution in [3.05, 3.63) is 110 Å². The van der Waals surface area contributed by atoms with Crippen molar-refractivity contribution in [1.29, 1.82) is 0 Å². The molecule has 0 saturated heterocycles. The molecule has 0 aromatic heterocycles. The number of aryl methyl sites for hydroxylation is 6. The Morgan fingerprint density at radius 1 is 0.500 bits per heavy atom. The maximum Gasteiger partial charge on any atom is -1.00 e. The van der Waals surface area contributed by atoms with Gasteiger partial charge in [0.1, 0.15) is 0 Å². The van der Waals surface area contributed by atoms with Gasteiger partial charge in [-0.1, -0.05) is 0 Å². The van der Waals surface area contributed by atoms with Crippen LogP contribution >= 0.6 is 0 Å². The molecule has 38 heavy (non-hydrogen) atoms. The second kappa shape index (κ2) is 12.6. The van der Waals surface area contributed by atoms with Gasteiger partial charge in [-0.2, -0.15) is 0 Å². The van der Waals surface area contributed by atoms with Crippen LogP contribution in [0.3, 0.4) is 0 Å². The predicted octanol–water partition coefficient (Wildman–Crippen LogP) is -2.05. The van der Waals surface area contributed by atoms with Crippen LogP contribution in [0.5, 0.6) is 0 Å². The fourth-order valence-electron chi connectivity index (χ4n) is 6.71. The Hall–Kier alpha value is -1.06. The Morgan fingerprint density at radius 2 is 0.868 bits per heavy atom. The number of halogens is 3. The Bertz CT molecular complexity index is 1320. The molecule has 1 aliphatic rings. The van der Waals surface area contributed by atoms with E-state index in [1.54, 1.807) is 21.5 Å². The third-order valence-corrected chi connectivity index (χ3v) is 17.3. The summed E-state index contributed by atoms with van der Waals surface area (Å²) in [6.07, 6.45) is 0. The van der Waals surface area contributed by atoms with Crippen LogP contribution < -0.4 is 52.8 Å². The van der Waals surface area contributed by atoms with Crippen molar-refractivity contribution < 1.29 is 57.7 Å². The van der Waals surface area contributed by atoms with E-state index in [1.165, 1.54) is 49.7 Å². The fraction of sp³-hybridized carbons (Fsp3) is 0.333. The molecule has 0 atom stereocenters. The van der Waals surface area contributed by atoms with Gasteiger partial charge in [0, 0.05) is 0 Å². The molecule has 0 amide bonds. The summed E-state index contributed by atoms with van der Waals surface area (Å²) in [7, 11) is -2.64. The van der Waals surface area contributed by atoms with Crippen LogP contribution in [0.1, 0.15) is 61.1 Å². The van der Waals surface area contributed by atoms with Crippen molar-refractivity contribution in [1.82, 2.24) is 0 Å². The second-order valence-electron chi connectivity index (χ2n) is 11.0. The Balaban J connectivity index is 0.00000241. The number of rotatable bonds is 4. The maximum absolute atomic E-state index is 2.64. The first-order valence-corrected chi connectivity index (χ1v) is 15.5. The smallest absolute Gasteiger partial charge is 1.00 e. The average molecular weight is 618 g/mol. The maximum atomic E-state index is 2.57. The Kier molecular flexibility index (Phi) is 11.6. The average Bonchev–Trinajstić information content (AvgIpc) is 2.92. The molecule has 3 aromatic carbocycles. The quantitative estimate of drug-likeness (QED) is 0.234. The van der Waals surface area contributed by atoms with Crippen LogP contribution in [0.15, 0.2) is 76.9 Å². The molecule has 0 N–H and O–H groups in total. The van der Waals surface area contributed by atoms with Gasteiger partial charge in [0.15, 0.2) is 0 Å². The van der Waals surface area contributed by atoms with E-state index < -0.39 is 8.07 Å². The number of benzene rings is 3. The third-order valence-electron chi connectivity index (χ3n) is 8.60. The van der Waals surface area contributed by atoms with E-state index in [9.17, 15) is 0 Å². The predicted molar refractivity (Wildman–Crippen MR) is 152 cm³/mol. The van der Waals surface area contributed by atoms with E-state index in [2.05, 4.69) is 144 Å². The van der Waals surface area contributed by atoms with Gasteiger partial charge in [-0.05, 0) is 0 Å². The largest absolute Gasteiger partial charge is 1.00 e. The van der Waals surface area contributed by atoms with Crippen LogP contribution in [0.2, 0.25) is 3.34 Å². The summed E-state index contributed by atoms with van der Waals surface area (Å²) in [5.41, 5.74) is 14.2. The molecule has 0 unspecified atom stereocenters. The SMILES string of the molecule is CC1=C(C)[C]([Ti+3])([Si](c2cc(C)cc(C)c2)(c2ccc(C)cc2C)c2ccc(C)cc2C)C(C)=C1C.[Cl-].[Cl-].[Cl-]. The van der Waals surface area contributed by atoms with Crippen molar-refractivity contribution in [2.24, 2.45) is 0 Å². The number of hydrogen-bond donors (Lipinski definition) is 0. The van der Waals surface area contributed by atoms with E-state index >= 15 is 0 Å². The van der Waals surface area contributed by atoms with Gasteiger partial charge in [0.05, 0.1) is 0 Å². The van der Waals surface area contributed by atoms with Gasteiger partial charge in [0.25, 0.3) is 0 Å². The molecular formula is C33H39Cl3SiTi. The second-order valence-corrected chi connectivity index (χ2v) is 16.9. The Labute approximate surface area is 262 Å². The number of allylic oxidation sites excluding steroid dienone is 4. The molecule has 0 bridgehead atoms. The molecule has 0 radical (unpaired) electrons. The van der Waals surface area contributed by atoms with Crippen LogP contribution in [-0.4, -0.2) is 8.07 Å². The molecule has 4 rings (SSSR count). The molecule has 0 fully saturated rings. The molecule has 0 nitrogen and oxygen atoms in total. The van der Waals surface area contributed by atoms with Gasteiger partial charge >= 0.3 is 227 Å². The molecule has 200 valence electrons. The molecule has 3 aromatic rings. The van der Waals surface area contributed by atoms with E-state index in [0.717, 1.165) is 0 Å². The van der Waals surface area contributed by atoms with Crippen LogP contribution in [0, 0.1) is 41.5 Å². The van der Waals surface area contributed by atoms with Crippen LogP contribution in [0.4, 0.5) is 0 Å². The summed E-state index contributed by atoms with van der Waals surface area (Å²) in [6.45, 7) is 23.1. The molecule has 0 heterocycles. The van der Waals surface area contributed by atoms with Crippen LogP contribution in [-0.2, 0) is 20.4 Å². The summed E-state index contributed by atoms with van der Waals surface area (Å²) >= 11 is 2.57. The normalized spacial score (nSPS) is 14.6. The first-order chi connectivity index (χ1) is 16.3. The zero-order valence-corrected chi connectivity index (χ0v) is 29.2. The Morgan fingerprint density at radius 3 is 1.21 bits per heavy atom. The molecule has 0 aliphatic heterocycles. The fourth-order valence-corrected chi connectivity index (χ4v) is 15.8. The van der Waals surface area contributed by atoms with E-state index in [-0.39, 0.29) is 40.6 Å². The van der Waals surface area contributed by atoms with Gasteiger partial charge in [0.2, 0.25) is 0 Å². The molecule has 1 aliphatic carbocycles. The topological polar surface area (TPSA) is 0 Å². The summed E-state index contributed by atoms with van der Waals surface area (Å²) in [4.78, 5) is 0. The summed E-state index contributed by atoms with van der Waals surface area (Å²) in [6, 6.07) is 21.8. The molecule has 0 spiro atoms. The van der Waals surface area contributed by atoms with E-state index in [1.807, 2.05) is 0 Å². The van der Waals surface area contributed by atoms with E-state index in [4.69, 9.17) is 0 Å². The molecule has 0 saturated carbocycles. The van der Waals surface area contributed by atoms with Crippen molar-refractivity contribution in [3.8, 4) is 0 Å². The van der Waals surface area contributed by atoms with Gasteiger partial charge in [-0.25, -0.2) is 0 Å². The minimum Gasteiger partial charge on any atom is -1.00 e. The van der Waals surface area contributed by atoms with Gasteiger partial charge in [-0.3, -0.25) is 0 Å². The zero-order valence-electron chi connectivity index (χ0n) is 24.3. The molecule has 5 heteroatoms. The summed E-state index contributed by atoms with van der Waals surface area (Å²) in [5.74, 6) is 0. The zero-order chi connectivity index (χ0) is 25.9. The van der Waals surface area contributed by atoms with Crippen molar-refractivity contribution in [3.63, 3.8) is 0 Å². The standard InChI is InChI=1S/C33H39Si.3ClH.Ti/c1-20-11-13-31(24(5)16-20)34(30-18-22(3)15-23(4)19-30,32-14-12-21(2)17-25(32)6)33-28(9)26(7)27(8)29(33)10;;;;/h11-19H,1-10H3;3*1H;/q;;;;+3/p-3. The van der Waals surface area contributed by atoms with Gasteiger partial charge < -0.3 is 37.2 Å². The van der Waals surface area contributed by atoms with Crippen molar-refractivity contribution >= 4 is 23.6 Å². The van der Waals surface area contributed by atoms with Crippen molar-refractivity contribution in [2.45, 2.75) is 72.6 Å². The molecular weight excluding hydrogens is 579 g/mol. The minimum atomic E-state index is -2.64. The first kappa shape index (κ1) is 35.0. The summed E-state index contributed by atoms with van der Waals surface area (Å²) in [5, 5.41) is 4.62.